The topological polar surface area (TPSA) is 88.1 Å². The molecular formula is C18H32N2O5. The van der Waals surface area contributed by atoms with Crippen molar-refractivity contribution in [3.05, 3.63) is 0 Å². The highest BCUT2D eigenvalue weighted by Crippen LogP contribution is 2.43. The monoisotopic (exact) mass is 356 g/mol. The predicted octanol–water partition coefficient (Wildman–Crippen LogP) is 2.25. The highest BCUT2D eigenvalue weighted by molar-refractivity contribution is 5.68. The first-order chi connectivity index (χ1) is 11.6. The lowest BCUT2D eigenvalue weighted by Gasteiger charge is -2.40. The summed E-state index contributed by atoms with van der Waals surface area (Å²) in [5.41, 5.74) is -0.256. The number of nitrogens with one attached hydrogen (secondary N) is 1. The first-order valence-electron chi connectivity index (χ1n) is 9.16. The molecular weight excluding hydrogens is 324 g/mol. The fourth-order valence-electron chi connectivity index (χ4n) is 3.32. The third-order valence-corrected chi connectivity index (χ3v) is 4.72. The molecule has 3 fully saturated rings. The molecule has 7 nitrogen and oxygen atoms in total. The Kier molecular flexibility index (Phi) is 6.32. The molecule has 1 unspecified atom stereocenters. The summed E-state index contributed by atoms with van der Waals surface area (Å²) in [6.07, 6.45) is 4.58. The van der Waals surface area contributed by atoms with Gasteiger partial charge in [0, 0.05) is 33.1 Å². The first kappa shape index (κ1) is 20.0. The van der Waals surface area contributed by atoms with Crippen molar-refractivity contribution >= 4 is 12.1 Å². The number of aliphatic carboxylic acids is 1. The summed E-state index contributed by atoms with van der Waals surface area (Å²) in [5, 5.41) is 10.9. The van der Waals surface area contributed by atoms with E-state index in [1.54, 1.807) is 0 Å². The Hall–Kier alpha value is -1.34. The van der Waals surface area contributed by atoms with Gasteiger partial charge in [0.05, 0.1) is 11.7 Å². The number of rotatable bonds is 1. The van der Waals surface area contributed by atoms with E-state index >= 15 is 0 Å². The summed E-state index contributed by atoms with van der Waals surface area (Å²) in [4.78, 5) is 22.9. The Morgan fingerprint density at radius 1 is 1.24 bits per heavy atom. The average Bonchev–Trinajstić information content (AvgIpc) is 3.24. The van der Waals surface area contributed by atoms with Crippen molar-refractivity contribution in [3.8, 4) is 0 Å². The smallest absolute Gasteiger partial charge is 0.410 e. The number of carbonyl (C=O) groups excluding carboxylic acids is 1. The summed E-state index contributed by atoms with van der Waals surface area (Å²) in [6, 6.07) is 0. The van der Waals surface area contributed by atoms with Gasteiger partial charge in [-0.15, -0.1) is 0 Å². The Balaban J connectivity index is 0.000000511. The maximum absolute atomic E-state index is 12.1. The number of amides is 1. The van der Waals surface area contributed by atoms with Crippen molar-refractivity contribution in [2.75, 3.05) is 26.2 Å². The molecule has 1 aliphatic carbocycles. The van der Waals surface area contributed by atoms with E-state index in [9.17, 15) is 4.79 Å². The van der Waals surface area contributed by atoms with E-state index in [0.29, 0.717) is 12.0 Å². The number of carboxylic acid groups (broad SMARTS) is 1. The van der Waals surface area contributed by atoms with E-state index in [1.165, 1.54) is 12.8 Å². The van der Waals surface area contributed by atoms with E-state index in [0.717, 1.165) is 45.9 Å². The largest absolute Gasteiger partial charge is 0.481 e. The standard InChI is InChI=1S/C16H28N2O3.C2H4O2/c1-15(2,3)21-14(19)18-8-4-12(5-9-18)13-10-17-11-16(20-13)6-7-16;1-2(3)4/h12-13,17H,4-11H2,1-3H3;1H3,(H,3,4). The Bertz CT molecular complexity index is 472. The van der Waals surface area contributed by atoms with Gasteiger partial charge in [0.25, 0.3) is 5.97 Å². The number of hydrogen-bond donors (Lipinski definition) is 2. The van der Waals surface area contributed by atoms with Gasteiger partial charge in [0.2, 0.25) is 0 Å². The van der Waals surface area contributed by atoms with Crippen LogP contribution in [0.4, 0.5) is 4.79 Å². The second kappa shape index (κ2) is 7.91. The van der Waals surface area contributed by atoms with E-state index in [1.807, 2.05) is 25.7 Å². The van der Waals surface area contributed by atoms with Gasteiger partial charge in [-0.05, 0) is 52.4 Å². The Morgan fingerprint density at radius 3 is 2.28 bits per heavy atom. The third-order valence-electron chi connectivity index (χ3n) is 4.72. The quantitative estimate of drug-likeness (QED) is 0.749. The lowest BCUT2D eigenvalue weighted by Crippen LogP contribution is -2.52. The minimum atomic E-state index is -0.833. The van der Waals surface area contributed by atoms with E-state index in [4.69, 9.17) is 19.4 Å². The first-order valence-corrected chi connectivity index (χ1v) is 9.16. The molecule has 2 N–H and O–H groups in total. The summed E-state index contributed by atoms with van der Waals surface area (Å²) in [5.74, 6) is -0.269. The molecule has 2 heterocycles. The van der Waals surface area contributed by atoms with Crippen molar-refractivity contribution in [3.63, 3.8) is 0 Å². The Labute approximate surface area is 150 Å². The number of nitrogens with zero attached hydrogens (tertiary/aromatic N) is 1. The molecule has 1 atom stereocenters. The summed E-state index contributed by atoms with van der Waals surface area (Å²) < 4.78 is 11.7. The highest BCUT2D eigenvalue weighted by Gasteiger charge is 2.49. The highest BCUT2D eigenvalue weighted by atomic mass is 16.6. The minimum absolute atomic E-state index is 0.158. The van der Waals surface area contributed by atoms with Crippen LogP contribution in [0.5, 0.6) is 0 Å². The second-order valence-electron chi connectivity index (χ2n) is 8.29. The molecule has 2 aliphatic heterocycles. The van der Waals surface area contributed by atoms with Gasteiger partial charge in [0.15, 0.2) is 0 Å². The molecule has 144 valence electrons. The van der Waals surface area contributed by atoms with E-state index < -0.39 is 11.6 Å². The zero-order chi connectivity index (χ0) is 18.7. The van der Waals surface area contributed by atoms with Crippen LogP contribution in [0.3, 0.4) is 0 Å². The molecule has 1 saturated carbocycles. The van der Waals surface area contributed by atoms with Crippen LogP contribution in [0, 0.1) is 5.92 Å². The number of carboxylic acids is 1. The number of morpholine rings is 1. The molecule has 1 spiro atoms. The van der Waals surface area contributed by atoms with Crippen LogP contribution in [0.2, 0.25) is 0 Å². The Morgan fingerprint density at radius 2 is 1.80 bits per heavy atom. The van der Waals surface area contributed by atoms with Crippen LogP contribution >= 0.6 is 0 Å². The minimum Gasteiger partial charge on any atom is -0.481 e. The van der Waals surface area contributed by atoms with Gasteiger partial charge < -0.3 is 24.8 Å². The fraction of sp³-hybridized carbons (Fsp3) is 0.889. The van der Waals surface area contributed by atoms with Crippen LogP contribution in [0.25, 0.3) is 0 Å². The molecule has 25 heavy (non-hydrogen) atoms. The molecule has 1 amide bonds. The van der Waals surface area contributed by atoms with Crippen LogP contribution in [0.1, 0.15) is 53.4 Å². The van der Waals surface area contributed by atoms with Gasteiger partial charge in [0.1, 0.15) is 5.60 Å². The van der Waals surface area contributed by atoms with Gasteiger partial charge in [-0.1, -0.05) is 0 Å². The second-order valence-corrected chi connectivity index (χ2v) is 8.29. The van der Waals surface area contributed by atoms with Gasteiger partial charge >= 0.3 is 6.09 Å². The molecule has 0 aromatic carbocycles. The molecule has 0 aromatic rings. The molecule has 7 heteroatoms. The van der Waals surface area contributed by atoms with Crippen molar-refractivity contribution in [1.29, 1.82) is 0 Å². The number of carbonyl (C=O) groups is 2. The summed E-state index contributed by atoms with van der Waals surface area (Å²) >= 11 is 0. The maximum atomic E-state index is 12.1. The number of piperidine rings is 1. The zero-order valence-corrected chi connectivity index (χ0v) is 15.8. The molecule has 0 radical (unpaired) electrons. The lowest BCUT2D eigenvalue weighted by molar-refractivity contribution is -0.134. The van der Waals surface area contributed by atoms with Crippen LogP contribution in [0.15, 0.2) is 0 Å². The number of likely N-dealkylation sites (tertiary alicyclic amines) is 1. The van der Waals surface area contributed by atoms with E-state index in [2.05, 4.69) is 5.32 Å². The predicted molar refractivity (Wildman–Crippen MR) is 93.5 cm³/mol. The van der Waals surface area contributed by atoms with Gasteiger partial charge in [-0.25, -0.2) is 4.79 Å². The van der Waals surface area contributed by atoms with Crippen LogP contribution in [-0.4, -0.2) is 65.6 Å². The van der Waals surface area contributed by atoms with Crippen molar-refractivity contribution < 1.29 is 24.2 Å². The summed E-state index contributed by atoms with van der Waals surface area (Å²) in [7, 11) is 0. The molecule has 0 bridgehead atoms. The summed E-state index contributed by atoms with van der Waals surface area (Å²) in [6.45, 7) is 10.4. The van der Waals surface area contributed by atoms with Crippen molar-refractivity contribution in [1.82, 2.24) is 10.2 Å². The lowest BCUT2D eigenvalue weighted by atomic mass is 9.90. The fourth-order valence-corrected chi connectivity index (χ4v) is 3.32. The normalized spacial score (nSPS) is 25.8. The third kappa shape index (κ3) is 6.47. The average molecular weight is 356 g/mol. The van der Waals surface area contributed by atoms with Gasteiger partial charge in [-0.3, -0.25) is 4.79 Å². The SMILES string of the molecule is CC(=O)O.CC(C)(C)OC(=O)N1CCC(C2CNCC3(CC3)O2)CC1. The molecule has 2 saturated heterocycles. The number of hydrogen-bond acceptors (Lipinski definition) is 5. The van der Waals surface area contributed by atoms with Crippen molar-refractivity contribution in [2.24, 2.45) is 5.92 Å². The van der Waals surface area contributed by atoms with Crippen LogP contribution < -0.4 is 5.32 Å². The maximum Gasteiger partial charge on any atom is 0.410 e. The van der Waals surface area contributed by atoms with Gasteiger partial charge in [-0.2, -0.15) is 0 Å². The zero-order valence-electron chi connectivity index (χ0n) is 15.8. The van der Waals surface area contributed by atoms with E-state index in [-0.39, 0.29) is 11.7 Å². The molecule has 3 rings (SSSR count). The van der Waals surface area contributed by atoms with Crippen molar-refractivity contribution in [2.45, 2.75) is 70.7 Å². The molecule has 3 aliphatic rings. The number of ether oxygens (including phenoxy) is 2. The van der Waals surface area contributed by atoms with Crippen LogP contribution in [-0.2, 0) is 14.3 Å². The molecule has 0 aromatic heterocycles.